The number of aromatic nitrogens is 4. The van der Waals surface area contributed by atoms with Crippen LogP contribution in [0.5, 0.6) is 0 Å². The largest absolute Gasteiger partial charge is 0.293 e. The predicted molar refractivity (Wildman–Crippen MR) is 94.7 cm³/mol. The normalized spacial score (nSPS) is 12.1. The number of benzene rings is 2. The molecule has 0 aliphatic rings. The van der Waals surface area contributed by atoms with Gasteiger partial charge in [-0.1, -0.05) is 59.8 Å². The van der Waals surface area contributed by atoms with Crippen molar-refractivity contribution in [2.24, 2.45) is 0 Å². The zero-order valence-corrected chi connectivity index (χ0v) is 14.6. The number of rotatable bonds is 5. The van der Waals surface area contributed by atoms with Crippen molar-refractivity contribution in [1.29, 1.82) is 0 Å². The molecule has 0 spiro atoms. The van der Waals surface area contributed by atoms with Crippen molar-refractivity contribution in [1.82, 2.24) is 20.2 Å². The van der Waals surface area contributed by atoms with Crippen LogP contribution in [0.1, 0.15) is 28.4 Å². The van der Waals surface area contributed by atoms with Crippen LogP contribution in [0, 0.1) is 13.8 Å². The Labute approximate surface area is 145 Å². The molecule has 122 valence electrons. The van der Waals surface area contributed by atoms with Crippen molar-refractivity contribution in [3.63, 3.8) is 0 Å². The molecule has 0 amide bonds. The Morgan fingerprint density at radius 2 is 1.88 bits per heavy atom. The first-order chi connectivity index (χ1) is 11.6. The highest BCUT2D eigenvalue weighted by molar-refractivity contribution is 8.00. The Kier molecular flexibility index (Phi) is 4.76. The zero-order valence-electron chi connectivity index (χ0n) is 13.8. The van der Waals surface area contributed by atoms with Gasteiger partial charge in [0, 0.05) is 5.56 Å². The van der Waals surface area contributed by atoms with Gasteiger partial charge in [-0.15, -0.1) is 5.10 Å². The number of nitrogens with zero attached hydrogens (tertiary/aromatic N) is 4. The molecule has 3 rings (SSSR count). The topological polar surface area (TPSA) is 60.7 Å². The number of aryl methyl sites for hydroxylation is 2. The van der Waals surface area contributed by atoms with E-state index in [-0.39, 0.29) is 11.0 Å². The summed E-state index contributed by atoms with van der Waals surface area (Å²) in [5.41, 5.74) is 3.90. The third kappa shape index (κ3) is 3.38. The lowest BCUT2D eigenvalue weighted by Gasteiger charge is -2.11. The fourth-order valence-corrected chi connectivity index (χ4v) is 3.37. The monoisotopic (exact) mass is 338 g/mol. The molecule has 2 aromatic carbocycles. The molecule has 0 N–H and O–H groups in total. The third-order valence-corrected chi connectivity index (χ3v) is 4.76. The number of Topliss-reactive ketones (excluding diaryl/α,β-unsaturated/α-hetero) is 1. The Balaban J connectivity index is 1.84. The van der Waals surface area contributed by atoms with E-state index in [1.54, 1.807) is 4.68 Å². The predicted octanol–water partition coefficient (Wildman–Crippen LogP) is 3.64. The van der Waals surface area contributed by atoms with Crippen LogP contribution in [0.25, 0.3) is 5.69 Å². The molecular formula is C18H18N4OS. The second kappa shape index (κ2) is 6.97. The van der Waals surface area contributed by atoms with Gasteiger partial charge in [0.25, 0.3) is 0 Å². The van der Waals surface area contributed by atoms with Crippen molar-refractivity contribution in [2.75, 3.05) is 0 Å². The number of carbonyl (C=O) groups excluding carboxylic acids is 1. The number of thioether (sulfide) groups is 1. The molecule has 1 atom stereocenters. The molecule has 0 aliphatic heterocycles. The van der Waals surface area contributed by atoms with Gasteiger partial charge in [-0.2, -0.15) is 4.68 Å². The maximum Gasteiger partial charge on any atom is 0.214 e. The summed E-state index contributed by atoms with van der Waals surface area (Å²) in [5, 5.41) is 12.3. The van der Waals surface area contributed by atoms with Gasteiger partial charge >= 0.3 is 0 Å². The molecule has 6 heteroatoms. The maximum atomic E-state index is 12.5. The first-order valence-electron chi connectivity index (χ1n) is 7.68. The number of hydrogen-bond donors (Lipinski definition) is 0. The minimum Gasteiger partial charge on any atom is -0.293 e. The summed E-state index contributed by atoms with van der Waals surface area (Å²) in [6.07, 6.45) is 0. The van der Waals surface area contributed by atoms with E-state index in [0.717, 1.165) is 11.3 Å². The fraction of sp³-hybridized carbons (Fsp3) is 0.222. The lowest BCUT2D eigenvalue weighted by atomic mass is 10.1. The van der Waals surface area contributed by atoms with Crippen LogP contribution in [0.3, 0.4) is 0 Å². The molecule has 0 fully saturated rings. The summed E-state index contributed by atoms with van der Waals surface area (Å²) in [6.45, 7) is 5.95. The number of ketones is 1. The number of carbonyl (C=O) groups is 1. The fourth-order valence-electron chi connectivity index (χ4n) is 2.50. The van der Waals surface area contributed by atoms with E-state index >= 15 is 0 Å². The van der Waals surface area contributed by atoms with Crippen LogP contribution in [0.15, 0.2) is 53.7 Å². The second-order valence-corrected chi connectivity index (χ2v) is 6.96. The SMILES string of the molecule is Cc1ccc(-n2nnnc2S[C@@H](C)C(=O)c2ccccc2)c(C)c1. The zero-order chi connectivity index (χ0) is 17.1. The summed E-state index contributed by atoms with van der Waals surface area (Å²) in [5.74, 6) is 0.0655. The minimum absolute atomic E-state index is 0.0655. The Bertz CT molecular complexity index is 860. The average molecular weight is 338 g/mol. The first kappa shape index (κ1) is 16.4. The average Bonchev–Trinajstić information content (AvgIpc) is 3.03. The molecule has 0 bridgehead atoms. The molecule has 0 saturated heterocycles. The smallest absolute Gasteiger partial charge is 0.214 e. The molecule has 1 heterocycles. The summed E-state index contributed by atoms with van der Waals surface area (Å²) in [7, 11) is 0. The van der Waals surface area contributed by atoms with Gasteiger partial charge < -0.3 is 0 Å². The Hall–Kier alpha value is -2.47. The molecule has 3 aromatic rings. The van der Waals surface area contributed by atoms with Crippen molar-refractivity contribution >= 4 is 17.5 Å². The van der Waals surface area contributed by atoms with E-state index in [4.69, 9.17) is 0 Å². The van der Waals surface area contributed by atoms with E-state index in [0.29, 0.717) is 10.7 Å². The van der Waals surface area contributed by atoms with E-state index < -0.39 is 0 Å². The number of hydrogen-bond acceptors (Lipinski definition) is 5. The lowest BCUT2D eigenvalue weighted by Crippen LogP contribution is -2.14. The second-order valence-electron chi connectivity index (χ2n) is 5.65. The van der Waals surface area contributed by atoms with Crippen molar-refractivity contribution < 1.29 is 4.79 Å². The van der Waals surface area contributed by atoms with Gasteiger partial charge in [0.2, 0.25) is 5.16 Å². The highest BCUT2D eigenvalue weighted by Crippen LogP contribution is 2.26. The van der Waals surface area contributed by atoms with Crippen molar-refractivity contribution in [3.05, 3.63) is 65.2 Å². The maximum absolute atomic E-state index is 12.5. The summed E-state index contributed by atoms with van der Waals surface area (Å²) >= 11 is 1.36. The summed E-state index contributed by atoms with van der Waals surface area (Å²) < 4.78 is 1.69. The van der Waals surface area contributed by atoms with Crippen LogP contribution in [0.4, 0.5) is 0 Å². The lowest BCUT2D eigenvalue weighted by molar-refractivity contribution is 0.0994. The first-order valence-corrected chi connectivity index (χ1v) is 8.56. The van der Waals surface area contributed by atoms with E-state index in [1.165, 1.54) is 17.3 Å². The molecule has 1 aromatic heterocycles. The Morgan fingerprint density at radius 3 is 2.58 bits per heavy atom. The van der Waals surface area contributed by atoms with Gasteiger partial charge in [-0.3, -0.25) is 4.79 Å². The van der Waals surface area contributed by atoms with Crippen LogP contribution in [0.2, 0.25) is 0 Å². The van der Waals surface area contributed by atoms with Crippen LogP contribution < -0.4 is 0 Å². The molecule has 0 radical (unpaired) electrons. The van der Waals surface area contributed by atoms with E-state index in [2.05, 4.69) is 21.6 Å². The molecule has 24 heavy (non-hydrogen) atoms. The standard InChI is InChI=1S/C18H18N4OS/c1-12-9-10-16(13(2)11-12)22-18(19-20-21-22)24-14(3)17(23)15-7-5-4-6-8-15/h4-11,14H,1-3H3/t14-/m0/s1. The molecular weight excluding hydrogens is 320 g/mol. The van der Waals surface area contributed by atoms with Gasteiger partial charge in [0.05, 0.1) is 10.9 Å². The van der Waals surface area contributed by atoms with Crippen molar-refractivity contribution in [3.8, 4) is 5.69 Å². The van der Waals surface area contributed by atoms with Crippen LogP contribution in [-0.2, 0) is 0 Å². The minimum atomic E-state index is -0.275. The third-order valence-electron chi connectivity index (χ3n) is 3.73. The molecule has 0 aliphatic carbocycles. The van der Waals surface area contributed by atoms with E-state index in [9.17, 15) is 4.79 Å². The van der Waals surface area contributed by atoms with Gasteiger partial charge in [-0.05, 0) is 42.8 Å². The quantitative estimate of drug-likeness (QED) is 0.525. The van der Waals surface area contributed by atoms with Gasteiger partial charge in [-0.25, -0.2) is 0 Å². The highest BCUT2D eigenvalue weighted by atomic mass is 32.2. The molecule has 5 nitrogen and oxygen atoms in total. The number of tetrazole rings is 1. The van der Waals surface area contributed by atoms with Crippen molar-refractivity contribution in [2.45, 2.75) is 31.2 Å². The summed E-state index contributed by atoms with van der Waals surface area (Å²) in [6, 6.07) is 15.4. The summed E-state index contributed by atoms with van der Waals surface area (Å²) in [4.78, 5) is 12.5. The van der Waals surface area contributed by atoms with Gasteiger partial charge in [0.15, 0.2) is 5.78 Å². The van der Waals surface area contributed by atoms with Gasteiger partial charge in [0.1, 0.15) is 0 Å². The highest BCUT2D eigenvalue weighted by Gasteiger charge is 2.20. The van der Waals surface area contributed by atoms with Crippen LogP contribution in [-0.4, -0.2) is 31.2 Å². The van der Waals surface area contributed by atoms with E-state index in [1.807, 2.05) is 63.2 Å². The Morgan fingerprint density at radius 1 is 1.12 bits per heavy atom. The molecule has 0 saturated carbocycles. The van der Waals surface area contributed by atoms with Crippen LogP contribution >= 0.6 is 11.8 Å². The molecule has 0 unspecified atom stereocenters.